The molecule has 3 N–H and O–H groups in total. The molecule has 1 atom stereocenters. The van der Waals surface area contributed by atoms with Gasteiger partial charge in [-0.15, -0.1) is 10.2 Å². The summed E-state index contributed by atoms with van der Waals surface area (Å²) in [5.41, 5.74) is 7.91. The highest BCUT2D eigenvalue weighted by Gasteiger charge is 2.28. The van der Waals surface area contributed by atoms with Crippen LogP contribution < -0.4 is 11.1 Å². The number of sulfone groups is 1. The second kappa shape index (κ2) is 11.9. The third kappa shape index (κ3) is 7.97. The number of nitrogens with zero attached hydrogens (tertiary/aromatic N) is 4. The van der Waals surface area contributed by atoms with E-state index in [-0.39, 0.29) is 13.2 Å². The Bertz CT molecular complexity index is 1400. The van der Waals surface area contributed by atoms with E-state index in [2.05, 4.69) is 15.5 Å². The van der Waals surface area contributed by atoms with Crippen molar-refractivity contribution in [3.05, 3.63) is 65.1 Å². The Labute approximate surface area is 222 Å². The van der Waals surface area contributed by atoms with Crippen LogP contribution in [0.3, 0.4) is 0 Å². The first-order valence-electron chi connectivity index (χ1n) is 11.9. The number of hydrogen-bond acceptors (Lipinski definition) is 9. The van der Waals surface area contributed by atoms with Crippen LogP contribution in [0, 0.1) is 6.92 Å². The highest BCUT2D eigenvalue weighted by Crippen LogP contribution is 2.19. The van der Waals surface area contributed by atoms with Crippen LogP contribution in [0.25, 0.3) is 5.65 Å². The summed E-state index contributed by atoms with van der Waals surface area (Å²) in [7, 11) is -2.08. The molecule has 206 valence electrons. The quantitative estimate of drug-likeness (QED) is 0.365. The molecule has 0 saturated carbocycles. The first-order valence-corrected chi connectivity index (χ1v) is 13.9. The van der Waals surface area contributed by atoms with E-state index in [0.717, 1.165) is 22.3 Å². The first kappa shape index (κ1) is 29.0. The van der Waals surface area contributed by atoms with Crippen LogP contribution in [-0.4, -0.2) is 71.2 Å². The second-order valence-corrected chi connectivity index (χ2v) is 11.9. The van der Waals surface area contributed by atoms with Crippen LogP contribution in [0.4, 0.5) is 4.79 Å². The van der Waals surface area contributed by atoms with Crippen LogP contribution in [0.2, 0.25) is 0 Å². The molecule has 0 bridgehead atoms. The van der Waals surface area contributed by atoms with Crippen molar-refractivity contribution in [1.82, 2.24) is 24.8 Å². The van der Waals surface area contributed by atoms with Gasteiger partial charge in [0.15, 0.2) is 21.3 Å². The van der Waals surface area contributed by atoms with Gasteiger partial charge in [-0.25, -0.2) is 13.2 Å². The lowest BCUT2D eigenvalue weighted by molar-refractivity contribution is -0.126. The Kier molecular flexibility index (Phi) is 9.07. The van der Waals surface area contributed by atoms with Crippen molar-refractivity contribution >= 4 is 27.5 Å². The van der Waals surface area contributed by atoms with E-state index < -0.39 is 39.3 Å². The van der Waals surface area contributed by atoms with Gasteiger partial charge in [0.25, 0.3) is 0 Å². The number of benzene rings is 1. The Morgan fingerprint density at radius 3 is 2.53 bits per heavy atom. The molecule has 0 aliphatic heterocycles. The standard InChI is InChI=1S/C25H34N6O6S/c1-17-8-6-9-18(12-17)13-36-15-20(27-23(32)25(2,3)26)22-29-28-21-11-7-10-19(31(21)22)14-37-24(33)30(4)16-38(5,34)35/h6-12,20H,13-16,26H2,1-5H3,(H,27,32)/t20-/m1/s1. The van der Waals surface area contributed by atoms with E-state index in [1.807, 2.05) is 31.2 Å². The van der Waals surface area contributed by atoms with Gasteiger partial charge in [-0.2, -0.15) is 0 Å². The van der Waals surface area contributed by atoms with Crippen LogP contribution >= 0.6 is 0 Å². The monoisotopic (exact) mass is 546 g/mol. The fourth-order valence-electron chi connectivity index (χ4n) is 3.64. The summed E-state index contributed by atoms with van der Waals surface area (Å²) in [6.07, 6.45) is 0.220. The van der Waals surface area contributed by atoms with Crippen molar-refractivity contribution in [3.8, 4) is 0 Å². The van der Waals surface area contributed by atoms with Crippen LogP contribution in [0.5, 0.6) is 0 Å². The van der Waals surface area contributed by atoms with Crippen molar-refractivity contribution in [2.45, 2.75) is 45.6 Å². The number of pyridine rings is 1. The molecule has 2 amide bonds. The highest BCUT2D eigenvalue weighted by molar-refractivity contribution is 7.90. The third-order valence-corrected chi connectivity index (χ3v) is 6.31. The average molecular weight is 547 g/mol. The van der Waals surface area contributed by atoms with Crippen molar-refractivity contribution in [1.29, 1.82) is 0 Å². The van der Waals surface area contributed by atoms with Gasteiger partial charge in [-0.3, -0.25) is 14.1 Å². The zero-order valence-electron chi connectivity index (χ0n) is 22.2. The first-order chi connectivity index (χ1) is 17.7. The molecule has 2 aromatic heterocycles. The number of aryl methyl sites for hydroxylation is 1. The minimum absolute atomic E-state index is 0.0712. The van der Waals surface area contributed by atoms with E-state index >= 15 is 0 Å². The predicted octanol–water partition coefficient (Wildman–Crippen LogP) is 1.72. The Hall–Kier alpha value is -3.55. The van der Waals surface area contributed by atoms with Gasteiger partial charge < -0.3 is 20.5 Å². The van der Waals surface area contributed by atoms with Gasteiger partial charge in [0.1, 0.15) is 18.5 Å². The molecule has 1 aromatic carbocycles. The summed E-state index contributed by atoms with van der Waals surface area (Å²) < 4.78 is 36.0. The highest BCUT2D eigenvalue weighted by atomic mass is 32.2. The zero-order valence-corrected chi connectivity index (χ0v) is 23.0. The number of hydrogen-bond donors (Lipinski definition) is 2. The van der Waals surface area contributed by atoms with Gasteiger partial charge in [0.2, 0.25) is 5.91 Å². The summed E-state index contributed by atoms with van der Waals surface area (Å²) >= 11 is 0. The summed E-state index contributed by atoms with van der Waals surface area (Å²) in [5, 5.41) is 11.4. The second-order valence-electron chi connectivity index (χ2n) is 9.83. The molecule has 3 rings (SSSR count). The van der Waals surface area contributed by atoms with E-state index in [4.69, 9.17) is 15.2 Å². The lowest BCUT2D eigenvalue weighted by atomic mass is 10.1. The number of nitrogens with two attached hydrogens (primary N) is 1. The van der Waals surface area contributed by atoms with Crippen LogP contribution in [0.15, 0.2) is 42.5 Å². The normalized spacial score (nSPS) is 12.8. The molecule has 0 aliphatic rings. The summed E-state index contributed by atoms with van der Waals surface area (Å²) in [6.45, 7) is 5.36. The largest absolute Gasteiger partial charge is 0.443 e. The average Bonchev–Trinajstić information content (AvgIpc) is 3.25. The SMILES string of the molecule is Cc1cccc(COC[C@@H](NC(=O)C(C)(C)N)c2nnc3cccc(COC(=O)N(C)CS(C)(=O)=O)n23)c1. The number of aromatic nitrogens is 3. The molecule has 13 heteroatoms. The van der Waals surface area contributed by atoms with Crippen molar-refractivity contribution in [2.24, 2.45) is 5.73 Å². The molecule has 0 saturated heterocycles. The van der Waals surface area contributed by atoms with Crippen LogP contribution in [-0.2, 0) is 37.3 Å². The van der Waals surface area contributed by atoms with E-state index in [0.29, 0.717) is 23.8 Å². The molecule has 0 radical (unpaired) electrons. The third-order valence-electron chi connectivity index (χ3n) is 5.46. The number of rotatable bonds is 11. The fraction of sp³-hybridized carbons (Fsp3) is 0.440. The number of ether oxygens (including phenoxy) is 2. The van der Waals surface area contributed by atoms with Crippen molar-refractivity contribution < 1.29 is 27.5 Å². The molecule has 38 heavy (non-hydrogen) atoms. The molecular weight excluding hydrogens is 512 g/mol. The fourth-order valence-corrected chi connectivity index (χ4v) is 4.45. The van der Waals surface area contributed by atoms with E-state index in [9.17, 15) is 18.0 Å². The van der Waals surface area contributed by atoms with E-state index in [1.165, 1.54) is 7.05 Å². The topological polar surface area (TPSA) is 158 Å². The summed E-state index contributed by atoms with van der Waals surface area (Å²) in [4.78, 5) is 26.1. The van der Waals surface area contributed by atoms with Crippen molar-refractivity contribution in [2.75, 3.05) is 25.8 Å². The summed E-state index contributed by atoms with van der Waals surface area (Å²) in [6, 6.07) is 12.3. The number of carbonyl (C=O) groups excluding carboxylic acids is 2. The maximum Gasteiger partial charge on any atom is 0.410 e. The predicted molar refractivity (Wildman–Crippen MR) is 141 cm³/mol. The lowest BCUT2D eigenvalue weighted by Gasteiger charge is -2.24. The number of amides is 2. The number of nitrogens with one attached hydrogen (secondary N) is 1. The Morgan fingerprint density at radius 2 is 1.87 bits per heavy atom. The molecule has 0 unspecified atom stereocenters. The van der Waals surface area contributed by atoms with Gasteiger partial charge >= 0.3 is 6.09 Å². The molecule has 12 nitrogen and oxygen atoms in total. The van der Waals surface area contributed by atoms with Gasteiger partial charge in [0, 0.05) is 13.3 Å². The molecule has 3 aromatic rings. The zero-order chi connectivity index (χ0) is 28.1. The van der Waals surface area contributed by atoms with Gasteiger partial charge in [0.05, 0.1) is 24.4 Å². The molecule has 2 heterocycles. The minimum atomic E-state index is -3.41. The molecule has 0 fully saturated rings. The van der Waals surface area contributed by atoms with Gasteiger partial charge in [-0.05, 0) is 38.5 Å². The van der Waals surface area contributed by atoms with Crippen molar-refractivity contribution in [3.63, 3.8) is 0 Å². The lowest BCUT2D eigenvalue weighted by Crippen LogP contribution is -2.51. The van der Waals surface area contributed by atoms with Gasteiger partial charge in [-0.1, -0.05) is 35.9 Å². The maximum absolute atomic E-state index is 12.8. The molecular formula is C25H34N6O6S. The Balaban J connectivity index is 1.85. The number of fused-ring (bicyclic) bond motifs is 1. The molecule has 0 spiro atoms. The minimum Gasteiger partial charge on any atom is -0.443 e. The van der Waals surface area contributed by atoms with Crippen LogP contribution in [0.1, 0.15) is 42.5 Å². The smallest absolute Gasteiger partial charge is 0.410 e. The maximum atomic E-state index is 12.8. The van der Waals surface area contributed by atoms with E-state index in [1.54, 1.807) is 36.4 Å². The number of carbonyl (C=O) groups is 2. The summed E-state index contributed by atoms with van der Waals surface area (Å²) in [5.74, 6) is -0.530. The Morgan fingerprint density at radius 1 is 1.16 bits per heavy atom. The molecule has 0 aliphatic carbocycles.